The van der Waals surface area contributed by atoms with E-state index in [1.54, 1.807) is 16.8 Å². The molecule has 4 rings (SSSR count). The van der Waals surface area contributed by atoms with E-state index in [0.717, 1.165) is 28.9 Å². The number of aromatic nitrogens is 2. The molecule has 1 aliphatic rings. The van der Waals surface area contributed by atoms with Crippen molar-refractivity contribution in [1.82, 2.24) is 13.9 Å². The summed E-state index contributed by atoms with van der Waals surface area (Å²) in [7, 11) is -3.21. The molecule has 2 heterocycles. The summed E-state index contributed by atoms with van der Waals surface area (Å²) in [4.78, 5) is 6.31. The first-order valence-corrected chi connectivity index (χ1v) is 13.8. The Balaban J connectivity index is 1.36. The lowest BCUT2D eigenvalue weighted by Crippen LogP contribution is -2.49. The van der Waals surface area contributed by atoms with E-state index in [1.165, 1.54) is 0 Å². The third kappa shape index (κ3) is 6.63. The molecule has 0 N–H and O–H groups in total. The summed E-state index contributed by atoms with van der Waals surface area (Å²) in [5, 5.41) is 0.705. The Morgan fingerprint density at radius 2 is 1.71 bits per heavy atom. The third-order valence-electron chi connectivity index (χ3n) is 5.80. The van der Waals surface area contributed by atoms with Crippen molar-refractivity contribution >= 4 is 51.1 Å². The second-order valence-corrected chi connectivity index (χ2v) is 11.2. The third-order valence-corrected chi connectivity index (χ3v) is 8.24. The van der Waals surface area contributed by atoms with E-state index in [-0.39, 0.29) is 5.75 Å². The molecule has 0 radical (unpaired) electrons. The van der Waals surface area contributed by atoms with Crippen LogP contribution in [0, 0.1) is 0 Å². The van der Waals surface area contributed by atoms with Crippen molar-refractivity contribution in [3.05, 3.63) is 82.9 Å². The van der Waals surface area contributed by atoms with Crippen LogP contribution in [0.3, 0.4) is 0 Å². The molecule has 0 amide bonds. The molecule has 1 aromatic heterocycles. The number of alkyl halides is 1. The molecule has 9 heteroatoms. The molecule has 0 unspecified atom stereocenters. The van der Waals surface area contributed by atoms with Gasteiger partial charge in [-0.1, -0.05) is 35.9 Å². The highest BCUT2D eigenvalue weighted by molar-refractivity contribution is 7.89. The van der Waals surface area contributed by atoms with Crippen LogP contribution in [0.4, 0.5) is 5.69 Å². The van der Waals surface area contributed by atoms with E-state index < -0.39 is 10.0 Å². The van der Waals surface area contributed by atoms with Gasteiger partial charge in [0.2, 0.25) is 10.0 Å². The maximum atomic E-state index is 12.4. The van der Waals surface area contributed by atoms with Crippen LogP contribution >= 0.6 is 23.2 Å². The van der Waals surface area contributed by atoms with Gasteiger partial charge in [0.05, 0.1) is 12.1 Å². The highest BCUT2D eigenvalue weighted by atomic mass is 35.5. The summed E-state index contributed by atoms with van der Waals surface area (Å²) in [5.41, 5.74) is 4.34. The van der Waals surface area contributed by atoms with Crippen LogP contribution in [0.1, 0.15) is 23.1 Å². The minimum atomic E-state index is -3.21. The van der Waals surface area contributed by atoms with Gasteiger partial charge in [0.1, 0.15) is 0 Å². The molecule has 2 aromatic carbocycles. The molecule has 0 atom stereocenters. The zero-order chi connectivity index (χ0) is 24.0. The lowest BCUT2D eigenvalue weighted by molar-refractivity contribution is 0.384. The van der Waals surface area contributed by atoms with Crippen LogP contribution in [0.25, 0.3) is 12.2 Å². The van der Waals surface area contributed by atoms with E-state index in [4.69, 9.17) is 23.2 Å². The van der Waals surface area contributed by atoms with Crippen LogP contribution in [0.5, 0.6) is 0 Å². The summed E-state index contributed by atoms with van der Waals surface area (Å²) < 4.78 is 28.3. The van der Waals surface area contributed by atoms with Crippen molar-refractivity contribution < 1.29 is 8.42 Å². The molecular weight excluding hydrogens is 491 g/mol. The molecule has 0 saturated carbocycles. The number of rotatable bonds is 9. The first-order chi connectivity index (χ1) is 16.4. The minimum absolute atomic E-state index is 0.120. The fourth-order valence-corrected chi connectivity index (χ4v) is 6.08. The SMILES string of the molecule is O=S(=O)(CCCCl)N1CCN(c2ccc(C=Cc3cc(Cl)cc(Cn4ccnc4)c3)cc2)CC1. The van der Waals surface area contributed by atoms with E-state index in [2.05, 4.69) is 52.4 Å². The zero-order valence-corrected chi connectivity index (χ0v) is 21.2. The average molecular weight is 519 g/mol. The second-order valence-electron chi connectivity index (χ2n) is 8.30. The summed E-state index contributed by atoms with van der Waals surface area (Å²) in [6.45, 7) is 3.08. The Morgan fingerprint density at radius 3 is 2.38 bits per heavy atom. The molecular formula is C25H28Cl2N4O2S. The van der Waals surface area contributed by atoms with Crippen LogP contribution in [-0.4, -0.2) is 60.1 Å². The number of halogens is 2. The molecule has 6 nitrogen and oxygen atoms in total. The summed E-state index contributed by atoms with van der Waals surface area (Å²) in [6.07, 6.45) is 10.1. The fourth-order valence-electron chi connectivity index (χ4n) is 4.03. The first-order valence-electron chi connectivity index (χ1n) is 11.2. The maximum Gasteiger partial charge on any atom is 0.214 e. The van der Waals surface area contributed by atoms with Gasteiger partial charge in [-0.05, 0) is 53.4 Å². The number of benzene rings is 2. The van der Waals surface area contributed by atoms with Crippen LogP contribution in [0.15, 0.2) is 61.2 Å². The molecule has 1 aliphatic heterocycles. The number of hydrogen-bond acceptors (Lipinski definition) is 4. The Kier molecular flexibility index (Phi) is 8.32. The minimum Gasteiger partial charge on any atom is -0.369 e. The van der Waals surface area contributed by atoms with E-state index in [0.29, 0.717) is 43.5 Å². The molecule has 0 bridgehead atoms. The lowest BCUT2D eigenvalue weighted by Gasteiger charge is -2.35. The van der Waals surface area contributed by atoms with E-state index in [9.17, 15) is 8.42 Å². The number of anilines is 1. The summed E-state index contributed by atoms with van der Waals surface area (Å²) in [5.74, 6) is 0.485. The highest BCUT2D eigenvalue weighted by Crippen LogP contribution is 2.21. The van der Waals surface area contributed by atoms with Crippen LogP contribution < -0.4 is 4.90 Å². The topological polar surface area (TPSA) is 58.4 Å². The zero-order valence-electron chi connectivity index (χ0n) is 18.9. The number of sulfonamides is 1. The number of hydrogen-bond donors (Lipinski definition) is 0. The molecule has 1 saturated heterocycles. The largest absolute Gasteiger partial charge is 0.369 e. The van der Waals surface area contributed by atoms with Crippen molar-refractivity contribution in [3.8, 4) is 0 Å². The van der Waals surface area contributed by atoms with Gasteiger partial charge < -0.3 is 9.47 Å². The van der Waals surface area contributed by atoms with Gasteiger partial charge in [-0.15, -0.1) is 11.6 Å². The molecule has 180 valence electrons. The molecule has 0 aliphatic carbocycles. The van der Waals surface area contributed by atoms with E-state index in [1.807, 2.05) is 22.9 Å². The van der Waals surface area contributed by atoms with Crippen molar-refractivity contribution in [2.24, 2.45) is 0 Å². The van der Waals surface area contributed by atoms with Crippen molar-refractivity contribution in [1.29, 1.82) is 0 Å². The van der Waals surface area contributed by atoms with Gasteiger partial charge in [0.15, 0.2) is 0 Å². The standard InChI is InChI=1S/C25H28Cl2N4O2S/c26-8-1-15-34(32,33)31-13-11-30(12-14-31)25-6-4-21(5-7-25)2-3-22-16-23(18-24(27)17-22)19-29-10-9-28-20-29/h2-7,9-10,16-18,20H,1,8,11-15,19H2. The molecule has 1 fully saturated rings. The Bertz CT molecular complexity index is 1200. The Hall–Kier alpha value is -2.32. The molecule has 0 spiro atoms. The number of piperazine rings is 1. The van der Waals surface area contributed by atoms with Gasteiger partial charge in [-0.3, -0.25) is 0 Å². The molecule has 34 heavy (non-hydrogen) atoms. The monoisotopic (exact) mass is 518 g/mol. The molecule has 3 aromatic rings. The van der Waals surface area contributed by atoms with Crippen molar-refractivity contribution in [3.63, 3.8) is 0 Å². The summed E-state index contributed by atoms with van der Waals surface area (Å²) in [6, 6.07) is 14.4. The summed E-state index contributed by atoms with van der Waals surface area (Å²) >= 11 is 12.0. The van der Waals surface area contributed by atoms with E-state index >= 15 is 0 Å². The quantitative estimate of drug-likeness (QED) is 0.300. The van der Waals surface area contributed by atoms with Crippen molar-refractivity contribution in [2.45, 2.75) is 13.0 Å². The normalized spacial score (nSPS) is 15.3. The average Bonchev–Trinajstić information content (AvgIpc) is 3.35. The van der Waals surface area contributed by atoms with Gasteiger partial charge >= 0.3 is 0 Å². The predicted octanol–water partition coefficient (Wildman–Crippen LogP) is 4.84. The highest BCUT2D eigenvalue weighted by Gasteiger charge is 2.26. The lowest BCUT2D eigenvalue weighted by atomic mass is 10.1. The van der Waals surface area contributed by atoms with Crippen LogP contribution in [0.2, 0.25) is 5.02 Å². The number of imidazole rings is 1. The predicted molar refractivity (Wildman–Crippen MR) is 141 cm³/mol. The number of nitrogens with zero attached hydrogens (tertiary/aromatic N) is 4. The smallest absolute Gasteiger partial charge is 0.214 e. The van der Waals surface area contributed by atoms with Gasteiger partial charge in [-0.2, -0.15) is 4.31 Å². The van der Waals surface area contributed by atoms with Gasteiger partial charge in [0, 0.05) is 61.7 Å². The van der Waals surface area contributed by atoms with Crippen molar-refractivity contribution in [2.75, 3.05) is 42.7 Å². The van der Waals surface area contributed by atoms with Gasteiger partial charge in [0.25, 0.3) is 0 Å². The van der Waals surface area contributed by atoms with Crippen LogP contribution in [-0.2, 0) is 16.6 Å². The Labute approximate surface area is 211 Å². The fraction of sp³-hybridized carbons (Fsp3) is 0.320. The first kappa shape index (κ1) is 24.8. The second kappa shape index (κ2) is 11.4. The Morgan fingerprint density at radius 1 is 0.971 bits per heavy atom. The van der Waals surface area contributed by atoms with Gasteiger partial charge in [-0.25, -0.2) is 13.4 Å². The maximum absolute atomic E-state index is 12.4.